The average molecular weight is 355 g/mol. The summed E-state index contributed by atoms with van der Waals surface area (Å²) in [5, 5.41) is 4.04. The molecule has 1 aromatic heterocycles. The smallest absolute Gasteiger partial charge is 0.344 e. The van der Waals surface area contributed by atoms with Crippen LogP contribution in [0.15, 0.2) is 30.5 Å². The molecule has 26 heavy (non-hydrogen) atoms. The number of rotatable bonds is 4. The van der Waals surface area contributed by atoms with Gasteiger partial charge in [-0.2, -0.15) is 9.78 Å². The Kier molecular flexibility index (Phi) is 5.52. The lowest BCUT2D eigenvalue weighted by Gasteiger charge is -2.31. The van der Waals surface area contributed by atoms with Crippen LogP contribution in [0.1, 0.15) is 46.9 Å². The van der Waals surface area contributed by atoms with Crippen molar-refractivity contribution in [2.24, 2.45) is 0 Å². The van der Waals surface area contributed by atoms with Crippen LogP contribution in [-0.4, -0.2) is 45.7 Å². The summed E-state index contributed by atoms with van der Waals surface area (Å²) >= 11 is 0. The third-order valence-corrected chi connectivity index (χ3v) is 4.92. The van der Waals surface area contributed by atoms with E-state index in [1.54, 1.807) is 17.2 Å². The Morgan fingerprint density at radius 3 is 2.50 bits per heavy atom. The van der Waals surface area contributed by atoms with E-state index in [0.29, 0.717) is 25.4 Å². The van der Waals surface area contributed by atoms with E-state index < -0.39 is 0 Å². The molecule has 6 nitrogen and oxygen atoms in total. The van der Waals surface area contributed by atoms with Gasteiger partial charge in [0.25, 0.3) is 0 Å². The minimum absolute atomic E-state index is 0.144. The van der Waals surface area contributed by atoms with Gasteiger partial charge >= 0.3 is 6.03 Å². The normalized spacial score (nSPS) is 15.3. The molecule has 1 aliphatic heterocycles. The molecule has 0 unspecified atom stereocenters. The first kappa shape index (κ1) is 18.3. The van der Waals surface area contributed by atoms with Crippen molar-refractivity contribution in [3.05, 3.63) is 52.8 Å². The highest BCUT2D eigenvalue weighted by Crippen LogP contribution is 2.18. The molecular weight excluding hydrogens is 330 g/mol. The minimum Gasteiger partial charge on any atom is -0.373 e. The summed E-state index contributed by atoms with van der Waals surface area (Å²) < 4.78 is 7.27. The van der Waals surface area contributed by atoms with E-state index in [1.807, 2.05) is 0 Å². The molecule has 2 heterocycles. The molecule has 0 saturated carbocycles. The van der Waals surface area contributed by atoms with Crippen molar-refractivity contribution in [2.75, 3.05) is 13.1 Å². The Bertz CT molecular complexity index is 804. The molecule has 6 heteroatoms. The van der Waals surface area contributed by atoms with Gasteiger partial charge in [0.15, 0.2) is 5.78 Å². The fourth-order valence-corrected chi connectivity index (χ4v) is 3.08. The van der Waals surface area contributed by atoms with Crippen molar-refractivity contribution in [3.63, 3.8) is 0 Å². The van der Waals surface area contributed by atoms with Crippen LogP contribution in [0.4, 0.5) is 4.79 Å². The van der Waals surface area contributed by atoms with Gasteiger partial charge in [-0.3, -0.25) is 4.79 Å². The van der Waals surface area contributed by atoms with Gasteiger partial charge in [-0.1, -0.05) is 18.2 Å². The molecule has 0 spiro atoms. The molecular formula is C20H25N3O3. The summed E-state index contributed by atoms with van der Waals surface area (Å²) in [7, 11) is 0. The second-order valence-corrected chi connectivity index (χ2v) is 6.90. The summed E-state index contributed by atoms with van der Waals surface area (Å²) in [4.78, 5) is 25.5. The van der Waals surface area contributed by atoms with Gasteiger partial charge in [0.2, 0.25) is 0 Å². The van der Waals surface area contributed by atoms with E-state index in [-0.39, 0.29) is 17.9 Å². The zero-order valence-corrected chi connectivity index (χ0v) is 15.6. The number of amides is 1. The van der Waals surface area contributed by atoms with Gasteiger partial charge in [0.05, 0.1) is 12.7 Å². The zero-order chi connectivity index (χ0) is 18.7. The summed E-state index contributed by atoms with van der Waals surface area (Å²) in [6.45, 7) is 7.51. The Hall–Kier alpha value is -2.47. The number of likely N-dealkylation sites (tertiary alicyclic amines) is 1. The van der Waals surface area contributed by atoms with Gasteiger partial charge in [0, 0.05) is 26.2 Å². The van der Waals surface area contributed by atoms with Crippen LogP contribution in [-0.2, 0) is 11.3 Å². The number of carbonyl (C=O) groups is 2. The second-order valence-electron chi connectivity index (χ2n) is 6.90. The lowest BCUT2D eigenvalue weighted by molar-refractivity contribution is 0.00434. The van der Waals surface area contributed by atoms with Crippen LogP contribution < -0.4 is 0 Å². The summed E-state index contributed by atoms with van der Waals surface area (Å²) in [5.41, 5.74) is 4.05. The van der Waals surface area contributed by atoms with Crippen LogP contribution >= 0.6 is 0 Å². The van der Waals surface area contributed by atoms with Crippen molar-refractivity contribution in [2.45, 2.75) is 46.3 Å². The van der Waals surface area contributed by atoms with E-state index in [0.717, 1.165) is 12.8 Å². The Labute approximate surface area is 153 Å². The van der Waals surface area contributed by atoms with E-state index >= 15 is 0 Å². The summed E-state index contributed by atoms with van der Waals surface area (Å²) in [6.07, 6.45) is 3.31. The molecule has 0 N–H and O–H groups in total. The SMILES string of the molecule is CC(=O)c1ccn(C(=O)N2CCC(OCc3ccc(C)c(C)c3)CC2)n1. The number of carbonyl (C=O) groups excluding carboxylic acids is 2. The number of ketones is 1. The van der Waals surface area contributed by atoms with E-state index in [9.17, 15) is 9.59 Å². The summed E-state index contributed by atoms with van der Waals surface area (Å²) in [5.74, 6) is -0.144. The average Bonchev–Trinajstić information content (AvgIpc) is 3.13. The fraction of sp³-hybridized carbons (Fsp3) is 0.450. The molecule has 1 aromatic carbocycles. The maximum Gasteiger partial charge on any atom is 0.344 e. The zero-order valence-electron chi connectivity index (χ0n) is 15.6. The highest BCUT2D eigenvalue weighted by molar-refractivity contribution is 5.92. The van der Waals surface area contributed by atoms with Crippen molar-refractivity contribution >= 4 is 11.8 Å². The van der Waals surface area contributed by atoms with E-state index in [4.69, 9.17) is 4.74 Å². The number of hydrogen-bond acceptors (Lipinski definition) is 4. The number of Topliss-reactive ketones (excluding diaryl/α,β-unsaturated/α-hetero) is 1. The number of piperidine rings is 1. The van der Waals surface area contributed by atoms with Crippen molar-refractivity contribution in [1.29, 1.82) is 0 Å². The molecule has 2 aromatic rings. The topological polar surface area (TPSA) is 64.4 Å². The monoisotopic (exact) mass is 355 g/mol. The predicted molar refractivity (Wildman–Crippen MR) is 98.3 cm³/mol. The number of nitrogens with zero attached hydrogens (tertiary/aromatic N) is 3. The predicted octanol–water partition coefficient (Wildman–Crippen LogP) is 3.35. The first-order valence-electron chi connectivity index (χ1n) is 8.97. The minimum atomic E-state index is -0.190. The first-order chi connectivity index (χ1) is 12.4. The Morgan fingerprint density at radius 2 is 1.88 bits per heavy atom. The largest absolute Gasteiger partial charge is 0.373 e. The van der Waals surface area contributed by atoms with E-state index in [2.05, 4.69) is 37.1 Å². The Balaban J connectivity index is 1.49. The molecule has 0 bridgehead atoms. The number of aryl methyl sites for hydroxylation is 2. The van der Waals surface area contributed by atoms with Gasteiger partial charge in [-0.15, -0.1) is 0 Å². The highest BCUT2D eigenvalue weighted by atomic mass is 16.5. The molecule has 0 radical (unpaired) electrons. The number of hydrogen-bond donors (Lipinski definition) is 0. The molecule has 138 valence electrons. The number of benzene rings is 1. The molecule has 3 rings (SSSR count). The molecule has 1 aliphatic rings. The number of aromatic nitrogens is 2. The van der Waals surface area contributed by atoms with Crippen LogP contribution in [0.25, 0.3) is 0 Å². The maximum atomic E-state index is 12.5. The lowest BCUT2D eigenvalue weighted by atomic mass is 10.1. The molecule has 0 aliphatic carbocycles. The van der Waals surface area contributed by atoms with Crippen LogP contribution in [0, 0.1) is 13.8 Å². The van der Waals surface area contributed by atoms with Gasteiger partial charge in [-0.25, -0.2) is 4.79 Å². The van der Waals surface area contributed by atoms with Crippen molar-refractivity contribution in [1.82, 2.24) is 14.7 Å². The van der Waals surface area contributed by atoms with Gasteiger partial charge in [0.1, 0.15) is 5.69 Å². The number of ether oxygens (including phenoxy) is 1. The fourth-order valence-electron chi connectivity index (χ4n) is 3.08. The molecule has 0 atom stereocenters. The van der Waals surface area contributed by atoms with E-state index in [1.165, 1.54) is 28.3 Å². The molecule has 1 saturated heterocycles. The maximum absolute atomic E-state index is 12.5. The second kappa shape index (κ2) is 7.83. The lowest BCUT2D eigenvalue weighted by Crippen LogP contribution is -2.43. The molecule has 1 fully saturated rings. The molecule has 1 amide bonds. The van der Waals surface area contributed by atoms with Crippen molar-refractivity contribution in [3.8, 4) is 0 Å². The third-order valence-electron chi connectivity index (χ3n) is 4.92. The van der Waals surface area contributed by atoms with Gasteiger partial charge in [-0.05, 0) is 49.4 Å². The van der Waals surface area contributed by atoms with Crippen molar-refractivity contribution < 1.29 is 14.3 Å². The highest BCUT2D eigenvalue weighted by Gasteiger charge is 2.25. The quantitative estimate of drug-likeness (QED) is 0.789. The standard InChI is InChI=1S/C20H25N3O3/c1-14-4-5-17(12-15(14)2)13-26-18-6-9-22(10-7-18)20(25)23-11-8-19(21-23)16(3)24/h4-5,8,11-12,18H,6-7,9-10,13H2,1-3H3. The Morgan fingerprint density at radius 1 is 1.15 bits per heavy atom. The van der Waals surface area contributed by atoms with Gasteiger partial charge < -0.3 is 9.64 Å². The first-order valence-corrected chi connectivity index (χ1v) is 8.97. The summed E-state index contributed by atoms with van der Waals surface area (Å²) in [6, 6.07) is 7.77. The van der Waals surface area contributed by atoms with Crippen LogP contribution in [0.3, 0.4) is 0 Å². The van der Waals surface area contributed by atoms with Crippen LogP contribution in [0.5, 0.6) is 0 Å². The van der Waals surface area contributed by atoms with Crippen LogP contribution in [0.2, 0.25) is 0 Å². The third kappa shape index (κ3) is 4.19.